The van der Waals surface area contributed by atoms with Gasteiger partial charge in [-0.05, 0) is 66.2 Å². The van der Waals surface area contributed by atoms with Gasteiger partial charge in [0, 0.05) is 31.3 Å². The van der Waals surface area contributed by atoms with Gasteiger partial charge in [0.2, 0.25) is 0 Å². The van der Waals surface area contributed by atoms with Gasteiger partial charge in [-0.2, -0.15) is 0 Å². The van der Waals surface area contributed by atoms with Gasteiger partial charge < -0.3 is 4.90 Å². The Balaban J connectivity index is 0.000000141. The van der Waals surface area contributed by atoms with Gasteiger partial charge in [0.05, 0.1) is 0 Å². The molecular weight excluding hydrogens is 402 g/mol. The van der Waals surface area contributed by atoms with Crippen molar-refractivity contribution in [2.24, 2.45) is 0 Å². The van der Waals surface area contributed by atoms with Crippen LogP contribution in [0.3, 0.4) is 0 Å². The lowest BCUT2D eigenvalue weighted by atomic mass is 10.1. The number of pyridine rings is 2. The van der Waals surface area contributed by atoms with Crippen LogP contribution in [-0.4, -0.2) is 29.0 Å². The zero-order valence-electron chi connectivity index (χ0n) is 19.4. The molecule has 166 valence electrons. The Bertz CT molecular complexity index is 1070. The molecule has 33 heavy (non-hydrogen) atoms. The molecule has 3 heteroatoms. The van der Waals surface area contributed by atoms with Crippen molar-refractivity contribution in [3.63, 3.8) is 0 Å². The van der Waals surface area contributed by atoms with Crippen molar-refractivity contribution in [3.05, 3.63) is 145 Å². The van der Waals surface area contributed by atoms with Crippen molar-refractivity contribution in [2.75, 3.05) is 14.1 Å². The number of benzene rings is 3. The molecule has 0 radical (unpaired) electrons. The molecule has 5 rings (SSSR count). The fraction of sp³-hybridized carbons (Fsp3) is 0.133. The highest BCUT2D eigenvalue weighted by molar-refractivity contribution is 5.80. The first-order chi connectivity index (χ1) is 16.2. The Labute approximate surface area is 197 Å². The van der Waals surface area contributed by atoms with E-state index in [-0.39, 0.29) is 0 Å². The second-order valence-electron chi connectivity index (χ2n) is 7.96. The van der Waals surface area contributed by atoms with Crippen LogP contribution >= 0.6 is 0 Å². The summed E-state index contributed by atoms with van der Waals surface area (Å²) in [6, 6.07) is 35.2. The SMILES string of the molecule is CN(C)Cc1ccccc1.c1ccc(Cc2ccncc2)cc1.c1ccc2cnccc2c1. The van der Waals surface area contributed by atoms with Gasteiger partial charge in [0.15, 0.2) is 0 Å². The van der Waals surface area contributed by atoms with Crippen molar-refractivity contribution >= 4 is 10.8 Å². The Morgan fingerprint density at radius 2 is 1.03 bits per heavy atom. The summed E-state index contributed by atoms with van der Waals surface area (Å²) < 4.78 is 0. The zero-order valence-corrected chi connectivity index (χ0v) is 19.4. The summed E-state index contributed by atoms with van der Waals surface area (Å²) in [7, 11) is 4.15. The smallest absolute Gasteiger partial charge is 0.0346 e. The standard InChI is InChI=1S/C12H11N.C9H7N.C9H13N/c1-2-4-11(5-3-1)10-12-6-8-13-9-7-12;1-2-4-9-7-10-6-5-8(9)3-1;1-10(2)8-9-6-4-3-5-7-9/h1-9H,10H2;1-7H;3-7H,8H2,1-2H3. The molecule has 0 aliphatic heterocycles. The third-order valence-electron chi connectivity index (χ3n) is 4.89. The molecule has 5 aromatic rings. The first kappa shape index (κ1) is 23.8. The summed E-state index contributed by atoms with van der Waals surface area (Å²) in [6.45, 7) is 1.03. The van der Waals surface area contributed by atoms with Gasteiger partial charge in [-0.3, -0.25) is 9.97 Å². The molecule has 2 heterocycles. The monoisotopic (exact) mass is 433 g/mol. The topological polar surface area (TPSA) is 29.0 Å². The van der Waals surface area contributed by atoms with E-state index in [0.29, 0.717) is 0 Å². The van der Waals surface area contributed by atoms with E-state index in [2.05, 4.69) is 89.6 Å². The van der Waals surface area contributed by atoms with E-state index in [1.165, 1.54) is 27.5 Å². The minimum absolute atomic E-state index is 0.989. The molecule has 2 aromatic heterocycles. The summed E-state index contributed by atoms with van der Waals surface area (Å²) >= 11 is 0. The van der Waals surface area contributed by atoms with Crippen LogP contribution in [-0.2, 0) is 13.0 Å². The van der Waals surface area contributed by atoms with Gasteiger partial charge >= 0.3 is 0 Å². The zero-order chi connectivity index (χ0) is 23.1. The average molecular weight is 434 g/mol. The Hall–Kier alpha value is -3.82. The van der Waals surface area contributed by atoms with Gasteiger partial charge in [0.1, 0.15) is 0 Å². The number of hydrogen-bond donors (Lipinski definition) is 0. The lowest BCUT2D eigenvalue weighted by Crippen LogP contribution is -2.10. The molecule has 0 fully saturated rings. The molecule has 0 bridgehead atoms. The van der Waals surface area contributed by atoms with E-state index in [9.17, 15) is 0 Å². The maximum absolute atomic E-state index is 4.01. The highest BCUT2D eigenvalue weighted by atomic mass is 15.0. The number of aromatic nitrogens is 2. The fourth-order valence-electron chi connectivity index (χ4n) is 3.31. The van der Waals surface area contributed by atoms with Crippen LogP contribution in [0.15, 0.2) is 128 Å². The molecule has 3 nitrogen and oxygen atoms in total. The van der Waals surface area contributed by atoms with Crippen LogP contribution in [0.25, 0.3) is 10.8 Å². The molecule has 0 unspecified atom stereocenters. The largest absolute Gasteiger partial charge is 0.305 e. The number of hydrogen-bond acceptors (Lipinski definition) is 3. The summed E-state index contributed by atoms with van der Waals surface area (Å²) in [5.41, 5.74) is 4.02. The maximum Gasteiger partial charge on any atom is 0.0346 e. The van der Waals surface area contributed by atoms with Crippen LogP contribution < -0.4 is 0 Å². The van der Waals surface area contributed by atoms with E-state index in [1.807, 2.05) is 67.3 Å². The Kier molecular flexibility index (Phi) is 9.80. The summed E-state index contributed by atoms with van der Waals surface area (Å²) in [6.07, 6.45) is 8.33. The first-order valence-corrected chi connectivity index (χ1v) is 11.1. The molecule has 0 atom stereocenters. The molecule has 0 spiro atoms. The molecule has 0 N–H and O–H groups in total. The van der Waals surface area contributed by atoms with Crippen LogP contribution in [0.2, 0.25) is 0 Å². The minimum Gasteiger partial charge on any atom is -0.305 e. The lowest BCUT2D eigenvalue weighted by molar-refractivity contribution is 0.402. The predicted octanol–water partition coefficient (Wildman–Crippen LogP) is 6.66. The molecule has 0 amide bonds. The van der Waals surface area contributed by atoms with E-state index in [0.717, 1.165) is 13.0 Å². The average Bonchev–Trinajstić information content (AvgIpc) is 2.86. The van der Waals surface area contributed by atoms with E-state index in [4.69, 9.17) is 0 Å². The molecule has 0 aliphatic carbocycles. The van der Waals surface area contributed by atoms with Crippen molar-refractivity contribution in [1.82, 2.24) is 14.9 Å². The van der Waals surface area contributed by atoms with Gasteiger partial charge in [-0.15, -0.1) is 0 Å². The van der Waals surface area contributed by atoms with Gasteiger partial charge in [-0.1, -0.05) is 84.9 Å². The quantitative estimate of drug-likeness (QED) is 0.317. The van der Waals surface area contributed by atoms with Crippen LogP contribution in [0.1, 0.15) is 16.7 Å². The van der Waals surface area contributed by atoms with Crippen molar-refractivity contribution in [2.45, 2.75) is 13.0 Å². The van der Waals surface area contributed by atoms with Crippen molar-refractivity contribution in [1.29, 1.82) is 0 Å². The molecular formula is C30H31N3. The Morgan fingerprint density at radius 1 is 0.515 bits per heavy atom. The highest BCUT2D eigenvalue weighted by Gasteiger charge is 1.93. The second kappa shape index (κ2) is 13.6. The van der Waals surface area contributed by atoms with E-state index < -0.39 is 0 Å². The lowest BCUT2D eigenvalue weighted by Gasteiger charge is -2.08. The van der Waals surface area contributed by atoms with Crippen molar-refractivity contribution in [3.8, 4) is 0 Å². The number of fused-ring (bicyclic) bond motifs is 1. The van der Waals surface area contributed by atoms with Crippen molar-refractivity contribution < 1.29 is 0 Å². The number of nitrogens with zero attached hydrogens (tertiary/aromatic N) is 3. The molecule has 3 aromatic carbocycles. The van der Waals surface area contributed by atoms with Crippen LogP contribution in [0.4, 0.5) is 0 Å². The maximum atomic E-state index is 4.01. The first-order valence-electron chi connectivity index (χ1n) is 11.1. The van der Waals surface area contributed by atoms with Crippen LogP contribution in [0.5, 0.6) is 0 Å². The van der Waals surface area contributed by atoms with Gasteiger partial charge in [0.25, 0.3) is 0 Å². The van der Waals surface area contributed by atoms with Gasteiger partial charge in [-0.25, -0.2) is 0 Å². The highest BCUT2D eigenvalue weighted by Crippen LogP contribution is 2.09. The third-order valence-corrected chi connectivity index (χ3v) is 4.89. The summed E-state index contributed by atoms with van der Waals surface area (Å²) in [5, 5.41) is 2.45. The third kappa shape index (κ3) is 9.06. The number of rotatable bonds is 4. The predicted molar refractivity (Wildman–Crippen MR) is 139 cm³/mol. The molecule has 0 saturated carbocycles. The molecule has 0 saturated heterocycles. The van der Waals surface area contributed by atoms with E-state index in [1.54, 1.807) is 0 Å². The molecule has 0 aliphatic rings. The Morgan fingerprint density at radius 3 is 1.64 bits per heavy atom. The normalized spacial score (nSPS) is 10.0. The van der Waals surface area contributed by atoms with E-state index >= 15 is 0 Å². The fourth-order valence-corrected chi connectivity index (χ4v) is 3.31. The summed E-state index contributed by atoms with van der Waals surface area (Å²) in [4.78, 5) is 10.2. The van der Waals surface area contributed by atoms with Crippen LogP contribution in [0, 0.1) is 0 Å². The summed E-state index contributed by atoms with van der Waals surface area (Å²) in [5.74, 6) is 0. The second-order valence-corrected chi connectivity index (χ2v) is 7.96. The minimum atomic E-state index is 0.989.